The van der Waals surface area contributed by atoms with Gasteiger partial charge in [-0.1, -0.05) is 0 Å². The number of esters is 1. The van der Waals surface area contributed by atoms with Crippen LogP contribution in [0, 0.1) is 0 Å². The minimum atomic E-state index is -0.412. The molecule has 0 aliphatic rings. The van der Waals surface area contributed by atoms with Gasteiger partial charge in [0.05, 0.1) is 24.4 Å². The van der Waals surface area contributed by atoms with Crippen LogP contribution in [0.25, 0.3) is 22.0 Å². The lowest BCUT2D eigenvalue weighted by molar-refractivity contribution is 0.0603. The SMILES string of the molecule is COC(=O)c1cc(-c2ccc(N)nc2)cc2cn[nH]c12. The van der Waals surface area contributed by atoms with Crippen LogP contribution < -0.4 is 5.73 Å². The van der Waals surface area contributed by atoms with E-state index in [-0.39, 0.29) is 0 Å². The van der Waals surface area contributed by atoms with Crippen LogP contribution in [0.3, 0.4) is 0 Å². The fourth-order valence-corrected chi connectivity index (χ4v) is 2.07. The molecule has 1 aromatic carbocycles. The number of nitrogens with zero attached hydrogens (tertiary/aromatic N) is 2. The Bertz CT molecular complexity index is 777. The molecule has 3 N–H and O–H groups in total. The van der Waals surface area contributed by atoms with Gasteiger partial charge in [-0.2, -0.15) is 5.10 Å². The topological polar surface area (TPSA) is 93.9 Å². The number of ether oxygens (including phenoxy) is 1. The van der Waals surface area contributed by atoms with E-state index >= 15 is 0 Å². The fraction of sp³-hybridized carbons (Fsp3) is 0.0714. The smallest absolute Gasteiger partial charge is 0.340 e. The molecule has 6 heteroatoms. The molecule has 0 unspecified atom stereocenters. The number of nitrogens with one attached hydrogen (secondary N) is 1. The van der Waals surface area contributed by atoms with Crippen molar-refractivity contribution in [1.82, 2.24) is 15.2 Å². The number of rotatable bonds is 2. The molecule has 0 amide bonds. The van der Waals surface area contributed by atoms with E-state index in [1.807, 2.05) is 12.1 Å². The Morgan fingerprint density at radius 3 is 2.80 bits per heavy atom. The van der Waals surface area contributed by atoms with Crippen molar-refractivity contribution in [2.45, 2.75) is 0 Å². The highest BCUT2D eigenvalue weighted by atomic mass is 16.5. The zero-order chi connectivity index (χ0) is 14.1. The summed E-state index contributed by atoms with van der Waals surface area (Å²) < 4.78 is 4.80. The largest absolute Gasteiger partial charge is 0.465 e. The van der Waals surface area contributed by atoms with Crippen LogP contribution in [0.4, 0.5) is 5.82 Å². The Morgan fingerprint density at radius 1 is 1.25 bits per heavy atom. The van der Waals surface area contributed by atoms with Gasteiger partial charge in [0.2, 0.25) is 0 Å². The Balaban J connectivity index is 2.21. The van der Waals surface area contributed by atoms with Gasteiger partial charge in [0.1, 0.15) is 5.82 Å². The van der Waals surface area contributed by atoms with Crippen molar-refractivity contribution in [3.05, 3.63) is 42.2 Å². The zero-order valence-electron chi connectivity index (χ0n) is 10.8. The third kappa shape index (κ3) is 1.97. The lowest BCUT2D eigenvalue weighted by Gasteiger charge is -2.06. The van der Waals surface area contributed by atoms with Gasteiger partial charge in [0.25, 0.3) is 0 Å². The summed E-state index contributed by atoms with van der Waals surface area (Å²) in [6, 6.07) is 7.25. The van der Waals surface area contributed by atoms with E-state index in [1.165, 1.54) is 7.11 Å². The summed E-state index contributed by atoms with van der Waals surface area (Å²) in [5.74, 6) is 0.0378. The first-order chi connectivity index (χ1) is 9.69. The summed E-state index contributed by atoms with van der Waals surface area (Å²) in [4.78, 5) is 15.9. The molecule has 0 radical (unpaired) electrons. The maximum absolute atomic E-state index is 11.9. The molecular formula is C14H12N4O2. The van der Waals surface area contributed by atoms with Crippen molar-refractivity contribution in [3.8, 4) is 11.1 Å². The maximum Gasteiger partial charge on any atom is 0.340 e. The molecule has 100 valence electrons. The fourth-order valence-electron chi connectivity index (χ4n) is 2.07. The molecular weight excluding hydrogens is 256 g/mol. The van der Waals surface area contributed by atoms with Crippen LogP contribution in [-0.2, 0) is 4.74 Å². The molecule has 2 heterocycles. The second-order valence-electron chi connectivity index (χ2n) is 4.32. The number of benzene rings is 1. The average molecular weight is 268 g/mol. The Labute approximate surface area is 114 Å². The molecule has 0 aliphatic carbocycles. The van der Waals surface area contributed by atoms with Crippen LogP contribution >= 0.6 is 0 Å². The molecule has 3 aromatic rings. The van der Waals surface area contributed by atoms with Gasteiger partial charge in [-0.05, 0) is 29.8 Å². The summed E-state index contributed by atoms with van der Waals surface area (Å²) in [5.41, 5.74) is 8.40. The standard InChI is InChI=1S/C14H12N4O2/c1-20-14(19)11-5-9(4-10-7-17-18-13(10)11)8-2-3-12(15)16-6-8/h2-7H,1H3,(H2,15,16)(H,17,18). The second-order valence-corrected chi connectivity index (χ2v) is 4.32. The van der Waals surface area contributed by atoms with E-state index in [9.17, 15) is 4.79 Å². The number of carbonyl (C=O) groups is 1. The molecule has 0 fully saturated rings. The third-order valence-electron chi connectivity index (χ3n) is 3.07. The number of nitrogen functional groups attached to an aromatic ring is 1. The molecule has 6 nitrogen and oxygen atoms in total. The molecule has 0 saturated carbocycles. The van der Waals surface area contributed by atoms with Crippen molar-refractivity contribution in [2.75, 3.05) is 12.8 Å². The van der Waals surface area contributed by atoms with Gasteiger partial charge in [0, 0.05) is 17.1 Å². The Hall–Kier alpha value is -2.89. The molecule has 0 bridgehead atoms. The molecule has 20 heavy (non-hydrogen) atoms. The molecule has 0 saturated heterocycles. The minimum absolute atomic E-state index is 0.412. The van der Waals surface area contributed by atoms with Crippen molar-refractivity contribution < 1.29 is 9.53 Å². The first-order valence-corrected chi connectivity index (χ1v) is 5.96. The number of hydrogen-bond donors (Lipinski definition) is 2. The van der Waals surface area contributed by atoms with E-state index in [4.69, 9.17) is 10.5 Å². The van der Waals surface area contributed by atoms with Gasteiger partial charge in [-0.3, -0.25) is 5.10 Å². The number of H-pyrrole nitrogens is 1. The van der Waals surface area contributed by atoms with Crippen LogP contribution in [0.1, 0.15) is 10.4 Å². The van der Waals surface area contributed by atoms with E-state index in [0.29, 0.717) is 16.9 Å². The minimum Gasteiger partial charge on any atom is -0.465 e. The van der Waals surface area contributed by atoms with Crippen molar-refractivity contribution >= 4 is 22.7 Å². The summed E-state index contributed by atoms with van der Waals surface area (Å²) >= 11 is 0. The highest BCUT2D eigenvalue weighted by Gasteiger charge is 2.14. The van der Waals surface area contributed by atoms with Crippen LogP contribution in [0.2, 0.25) is 0 Å². The van der Waals surface area contributed by atoms with Gasteiger partial charge in [-0.15, -0.1) is 0 Å². The van der Waals surface area contributed by atoms with Crippen LogP contribution in [0.5, 0.6) is 0 Å². The number of methoxy groups -OCH3 is 1. The second kappa shape index (κ2) is 4.65. The summed E-state index contributed by atoms with van der Waals surface area (Å²) in [6.45, 7) is 0. The number of carbonyl (C=O) groups excluding carboxylic acids is 1. The lowest BCUT2D eigenvalue weighted by atomic mass is 10.0. The predicted octanol–water partition coefficient (Wildman–Crippen LogP) is 1.99. The first-order valence-electron chi connectivity index (χ1n) is 5.96. The van der Waals surface area contributed by atoms with E-state index in [0.717, 1.165) is 16.5 Å². The number of anilines is 1. The Kier molecular flexibility index (Phi) is 2.83. The van der Waals surface area contributed by atoms with Gasteiger partial charge >= 0.3 is 5.97 Å². The number of aromatic nitrogens is 3. The van der Waals surface area contributed by atoms with Crippen LogP contribution in [-0.4, -0.2) is 28.3 Å². The van der Waals surface area contributed by atoms with Crippen LogP contribution in [0.15, 0.2) is 36.7 Å². The molecule has 0 aliphatic heterocycles. The summed E-state index contributed by atoms with van der Waals surface area (Å²) in [6.07, 6.45) is 3.33. The monoisotopic (exact) mass is 268 g/mol. The highest BCUT2D eigenvalue weighted by molar-refractivity contribution is 6.04. The molecule has 0 spiro atoms. The quantitative estimate of drug-likeness (QED) is 0.693. The maximum atomic E-state index is 11.9. The average Bonchev–Trinajstić information content (AvgIpc) is 2.94. The number of fused-ring (bicyclic) bond motifs is 1. The third-order valence-corrected chi connectivity index (χ3v) is 3.07. The Morgan fingerprint density at radius 2 is 2.10 bits per heavy atom. The van der Waals surface area contributed by atoms with Gasteiger partial charge in [0.15, 0.2) is 0 Å². The van der Waals surface area contributed by atoms with Gasteiger partial charge < -0.3 is 10.5 Å². The van der Waals surface area contributed by atoms with E-state index < -0.39 is 5.97 Å². The number of nitrogens with two attached hydrogens (primary N) is 1. The number of hydrogen-bond acceptors (Lipinski definition) is 5. The van der Waals surface area contributed by atoms with E-state index in [1.54, 1.807) is 24.5 Å². The summed E-state index contributed by atoms with van der Waals surface area (Å²) in [5, 5.41) is 7.60. The molecule has 2 aromatic heterocycles. The molecule has 0 atom stereocenters. The first kappa shape index (κ1) is 12.2. The van der Waals surface area contributed by atoms with Gasteiger partial charge in [-0.25, -0.2) is 9.78 Å². The lowest BCUT2D eigenvalue weighted by Crippen LogP contribution is -2.02. The van der Waals surface area contributed by atoms with Crippen molar-refractivity contribution in [1.29, 1.82) is 0 Å². The molecule has 3 rings (SSSR count). The zero-order valence-corrected chi connectivity index (χ0v) is 10.8. The van der Waals surface area contributed by atoms with Crippen molar-refractivity contribution in [2.24, 2.45) is 0 Å². The highest BCUT2D eigenvalue weighted by Crippen LogP contribution is 2.27. The number of pyridine rings is 1. The normalized spacial score (nSPS) is 10.7. The van der Waals surface area contributed by atoms with Crippen molar-refractivity contribution in [3.63, 3.8) is 0 Å². The van der Waals surface area contributed by atoms with E-state index in [2.05, 4.69) is 15.2 Å². The predicted molar refractivity (Wildman–Crippen MR) is 75.1 cm³/mol. The number of aromatic amines is 1. The summed E-state index contributed by atoms with van der Waals surface area (Å²) in [7, 11) is 1.35.